The fraction of sp³-hybridized carbons (Fsp3) is 0.286. The molecular formula is C14H15N5OS. The fourth-order valence-corrected chi connectivity index (χ4v) is 2.64. The summed E-state index contributed by atoms with van der Waals surface area (Å²) in [5.41, 5.74) is 1.24. The number of benzene rings is 1. The van der Waals surface area contributed by atoms with E-state index in [0.29, 0.717) is 11.3 Å². The maximum atomic E-state index is 11.9. The zero-order valence-corrected chi connectivity index (χ0v) is 12.6. The van der Waals surface area contributed by atoms with Gasteiger partial charge >= 0.3 is 0 Å². The van der Waals surface area contributed by atoms with E-state index in [9.17, 15) is 4.79 Å². The van der Waals surface area contributed by atoms with Crippen molar-refractivity contribution in [2.45, 2.75) is 25.5 Å². The van der Waals surface area contributed by atoms with Gasteiger partial charge < -0.3 is 9.88 Å². The molecule has 0 unspecified atom stereocenters. The van der Waals surface area contributed by atoms with Crippen LogP contribution in [-0.2, 0) is 11.3 Å². The first-order chi connectivity index (χ1) is 10.1. The highest BCUT2D eigenvalue weighted by Crippen LogP contribution is 2.17. The highest BCUT2D eigenvalue weighted by atomic mass is 32.2. The molecule has 2 rings (SSSR count). The summed E-state index contributed by atoms with van der Waals surface area (Å²) in [7, 11) is 0. The van der Waals surface area contributed by atoms with Crippen LogP contribution in [0.15, 0.2) is 29.4 Å². The van der Waals surface area contributed by atoms with E-state index in [1.807, 2.05) is 24.5 Å². The van der Waals surface area contributed by atoms with E-state index in [2.05, 4.69) is 15.5 Å². The second-order valence-corrected chi connectivity index (χ2v) is 5.24. The van der Waals surface area contributed by atoms with Crippen LogP contribution >= 0.6 is 11.8 Å². The molecule has 0 aliphatic carbocycles. The van der Waals surface area contributed by atoms with E-state index < -0.39 is 0 Å². The molecule has 1 amide bonds. The minimum atomic E-state index is -0.118. The third-order valence-corrected chi connectivity index (χ3v) is 3.81. The van der Waals surface area contributed by atoms with Crippen LogP contribution in [0.4, 0.5) is 5.69 Å². The minimum absolute atomic E-state index is 0.118. The lowest BCUT2D eigenvalue weighted by atomic mass is 10.2. The third kappa shape index (κ3) is 3.83. The van der Waals surface area contributed by atoms with Gasteiger partial charge in [0.15, 0.2) is 5.16 Å². The van der Waals surface area contributed by atoms with Gasteiger partial charge in [0, 0.05) is 12.2 Å². The first kappa shape index (κ1) is 15.1. The molecule has 21 heavy (non-hydrogen) atoms. The molecule has 0 spiro atoms. The van der Waals surface area contributed by atoms with E-state index in [-0.39, 0.29) is 11.7 Å². The van der Waals surface area contributed by atoms with Crippen LogP contribution in [0.25, 0.3) is 0 Å². The number of hydrogen-bond donors (Lipinski definition) is 1. The number of nitrogens with zero attached hydrogens (tertiary/aromatic N) is 4. The molecule has 0 aliphatic heterocycles. The van der Waals surface area contributed by atoms with E-state index in [4.69, 9.17) is 5.26 Å². The van der Waals surface area contributed by atoms with Gasteiger partial charge in [-0.05, 0) is 38.1 Å². The van der Waals surface area contributed by atoms with E-state index >= 15 is 0 Å². The Balaban J connectivity index is 1.91. The lowest BCUT2D eigenvalue weighted by Gasteiger charge is -2.06. The molecule has 1 aromatic heterocycles. The summed E-state index contributed by atoms with van der Waals surface area (Å²) in [5, 5.41) is 20.3. The molecule has 7 heteroatoms. The maximum Gasteiger partial charge on any atom is 0.234 e. The zero-order chi connectivity index (χ0) is 15.2. The van der Waals surface area contributed by atoms with Gasteiger partial charge in [0.1, 0.15) is 5.82 Å². The highest BCUT2D eigenvalue weighted by Gasteiger charge is 2.10. The van der Waals surface area contributed by atoms with Gasteiger partial charge in [-0.25, -0.2) is 0 Å². The van der Waals surface area contributed by atoms with Crippen LogP contribution in [0.1, 0.15) is 18.3 Å². The van der Waals surface area contributed by atoms with E-state index in [1.165, 1.54) is 11.8 Å². The average Bonchev–Trinajstić information content (AvgIpc) is 2.86. The Morgan fingerprint density at radius 3 is 2.71 bits per heavy atom. The first-order valence-electron chi connectivity index (χ1n) is 6.46. The average molecular weight is 301 g/mol. The van der Waals surface area contributed by atoms with Crippen molar-refractivity contribution in [3.63, 3.8) is 0 Å². The number of amides is 1. The van der Waals surface area contributed by atoms with Crippen LogP contribution < -0.4 is 5.32 Å². The minimum Gasteiger partial charge on any atom is -0.325 e. The summed E-state index contributed by atoms with van der Waals surface area (Å²) >= 11 is 1.35. The molecule has 1 N–H and O–H groups in total. The number of anilines is 1. The maximum absolute atomic E-state index is 11.9. The van der Waals surface area contributed by atoms with Gasteiger partial charge in [-0.15, -0.1) is 10.2 Å². The Morgan fingerprint density at radius 1 is 1.38 bits per heavy atom. The predicted octanol–water partition coefficient (Wildman–Crippen LogP) is 2.21. The molecule has 6 nitrogen and oxygen atoms in total. The van der Waals surface area contributed by atoms with Crippen molar-refractivity contribution >= 4 is 23.4 Å². The van der Waals surface area contributed by atoms with Crippen LogP contribution in [0.2, 0.25) is 0 Å². The van der Waals surface area contributed by atoms with Gasteiger partial charge in [-0.3, -0.25) is 4.79 Å². The fourth-order valence-electron chi connectivity index (χ4n) is 1.79. The number of thioether (sulfide) groups is 1. The number of carbonyl (C=O) groups is 1. The smallest absolute Gasteiger partial charge is 0.234 e. The number of aryl methyl sites for hydroxylation is 1. The van der Waals surface area contributed by atoms with Crippen molar-refractivity contribution < 1.29 is 4.79 Å². The molecule has 1 aromatic carbocycles. The van der Waals surface area contributed by atoms with Gasteiger partial charge in [-0.1, -0.05) is 11.8 Å². The summed E-state index contributed by atoms with van der Waals surface area (Å²) in [4.78, 5) is 11.9. The van der Waals surface area contributed by atoms with Crippen LogP contribution in [0.3, 0.4) is 0 Å². The molecule has 0 saturated carbocycles. The molecule has 0 bridgehead atoms. The number of rotatable bonds is 5. The Hall–Kier alpha value is -2.33. The lowest BCUT2D eigenvalue weighted by molar-refractivity contribution is -0.113. The molecule has 108 valence electrons. The number of aromatic nitrogens is 3. The van der Waals surface area contributed by atoms with Crippen molar-refractivity contribution in [2.24, 2.45) is 0 Å². The quantitative estimate of drug-likeness (QED) is 0.856. The topological polar surface area (TPSA) is 83.6 Å². The SMILES string of the molecule is CCn1c(C)nnc1SCC(=O)Nc1ccc(C#N)cc1. The van der Waals surface area contributed by atoms with E-state index in [0.717, 1.165) is 17.5 Å². The van der Waals surface area contributed by atoms with Crippen molar-refractivity contribution in [1.82, 2.24) is 14.8 Å². The molecule has 0 saturated heterocycles. The second-order valence-electron chi connectivity index (χ2n) is 4.30. The number of hydrogen-bond acceptors (Lipinski definition) is 5. The second kappa shape index (κ2) is 6.90. The van der Waals surface area contributed by atoms with Crippen molar-refractivity contribution in [3.05, 3.63) is 35.7 Å². The van der Waals surface area contributed by atoms with Gasteiger partial charge in [-0.2, -0.15) is 5.26 Å². The number of nitrogens with one attached hydrogen (secondary N) is 1. The number of nitriles is 1. The van der Waals surface area contributed by atoms with E-state index in [1.54, 1.807) is 24.3 Å². The largest absolute Gasteiger partial charge is 0.325 e. The summed E-state index contributed by atoms with van der Waals surface area (Å²) in [6, 6.07) is 8.78. The zero-order valence-electron chi connectivity index (χ0n) is 11.8. The Bertz CT molecular complexity index is 672. The lowest BCUT2D eigenvalue weighted by Crippen LogP contribution is -2.14. The third-order valence-electron chi connectivity index (χ3n) is 2.85. The summed E-state index contributed by atoms with van der Waals surface area (Å²) in [6.07, 6.45) is 0. The normalized spacial score (nSPS) is 10.1. The number of carbonyl (C=O) groups excluding carboxylic acids is 1. The highest BCUT2D eigenvalue weighted by molar-refractivity contribution is 7.99. The molecule has 0 atom stereocenters. The van der Waals surface area contributed by atoms with Gasteiger partial charge in [0.2, 0.25) is 5.91 Å². The molecule has 0 radical (unpaired) electrons. The molecule has 0 aliphatic rings. The Kier molecular flexibility index (Phi) is 4.95. The molecule has 1 heterocycles. The Morgan fingerprint density at radius 2 is 2.10 bits per heavy atom. The molecular weight excluding hydrogens is 286 g/mol. The molecule has 0 fully saturated rings. The summed E-state index contributed by atoms with van der Waals surface area (Å²) in [5.74, 6) is 0.985. The summed E-state index contributed by atoms with van der Waals surface area (Å²) < 4.78 is 1.96. The molecule has 2 aromatic rings. The monoisotopic (exact) mass is 301 g/mol. The van der Waals surface area contributed by atoms with Gasteiger partial charge in [0.25, 0.3) is 0 Å². The van der Waals surface area contributed by atoms with Crippen LogP contribution in [0, 0.1) is 18.3 Å². The first-order valence-corrected chi connectivity index (χ1v) is 7.45. The predicted molar refractivity (Wildman–Crippen MR) is 80.9 cm³/mol. The van der Waals surface area contributed by atoms with Crippen molar-refractivity contribution in [1.29, 1.82) is 5.26 Å². The summed E-state index contributed by atoms with van der Waals surface area (Å²) in [6.45, 7) is 4.67. The van der Waals surface area contributed by atoms with Crippen molar-refractivity contribution in [2.75, 3.05) is 11.1 Å². The van der Waals surface area contributed by atoms with Crippen molar-refractivity contribution in [3.8, 4) is 6.07 Å². The van der Waals surface area contributed by atoms with Crippen LogP contribution in [0.5, 0.6) is 0 Å². The van der Waals surface area contributed by atoms with Crippen LogP contribution in [-0.4, -0.2) is 26.4 Å². The standard InChI is InChI=1S/C14H15N5OS/c1-3-19-10(2)17-18-14(19)21-9-13(20)16-12-6-4-11(8-15)5-7-12/h4-7H,3,9H2,1-2H3,(H,16,20). The Labute approximate surface area is 127 Å². The van der Waals surface area contributed by atoms with Gasteiger partial charge in [0.05, 0.1) is 17.4 Å².